The number of hydrogen-bond acceptors (Lipinski definition) is 1. The normalized spacial score (nSPS) is 11.8. The lowest BCUT2D eigenvalue weighted by Gasteiger charge is -2.13. The molecule has 3 heteroatoms. The molecular weight excluding hydrogens is 256 g/mol. The quantitative estimate of drug-likeness (QED) is 0.640. The van der Waals surface area contributed by atoms with E-state index in [2.05, 4.69) is 54.8 Å². The van der Waals surface area contributed by atoms with E-state index in [9.17, 15) is 0 Å². The van der Waals surface area contributed by atoms with Gasteiger partial charge in [-0.15, -0.1) is 11.6 Å². The molecule has 1 heterocycles. The fraction of sp³-hybridized carbons (Fsp3) is 0.312. The molecule has 19 heavy (non-hydrogen) atoms. The van der Waals surface area contributed by atoms with Crippen LogP contribution in [0.15, 0.2) is 36.4 Å². The summed E-state index contributed by atoms with van der Waals surface area (Å²) in [6.07, 6.45) is 0.808. The monoisotopic (exact) mass is 272 g/mol. The minimum Gasteiger partial charge on any atom is -0.325 e. The van der Waals surface area contributed by atoms with Crippen LogP contribution in [0.2, 0.25) is 0 Å². The molecular formula is C16H17ClN2. The molecule has 2 nitrogen and oxygen atoms in total. The molecule has 0 radical (unpaired) electrons. The van der Waals surface area contributed by atoms with Crippen molar-refractivity contribution < 1.29 is 0 Å². The number of aromatic nitrogens is 2. The molecule has 3 rings (SSSR count). The fourth-order valence-corrected chi connectivity index (χ4v) is 2.90. The summed E-state index contributed by atoms with van der Waals surface area (Å²) < 4.78 is 2.32. The lowest BCUT2D eigenvalue weighted by atomic mass is 10.1. The van der Waals surface area contributed by atoms with Gasteiger partial charge in [-0.1, -0.05) is 30.3 Å². The van der Waals surface area contributed by atoms with Crippen molar-refractivity contribution in [2.24, 2.45) is 0 Å². The highest BCUT2D eigenvalue weighted by atomic mass is 35.5. The highest BCUT2D eigenvalue weighted by Crippen LogP contribution is 2.29. The molecule has 0 amide bonds. The Hall–Kier alpha value is -1.54. The Morgan fingerprint density at radius 1 is 1.16 bits per heavy atom. The van der Waals surface area contributed by atoms with Crippen LogP contribution in [-0.4, -0.2) is 15.4 Å². The highest BCUT2D eigenvalue weighted by molar-refractivity contribution is 6.18. The molecule has 0 aliphatic rings. The molecule has 2 aromatic carbocycles. The number of fused-ring (bicyclic) bond motifs is 3. The molecule has 1 aromatic heterocycles. The van der Waals surface area contributed by atoms with Gasteiger partial charge in [0.1, 0.15) is 5.82 Å². The van der Waals surface area contributed by atoms with Crippen LogP contribution in [0.5, 0.6) is 0 Å². The Morgan fingerprint density at radius 3 is 2.68 bits per heavy atom. The van der Waals surface area contributed by atoms with Crippen molar-refractivity contribution in [3.05, 3.63) is 42.2 Å². The number of rotatable bonds is 3. The summed E-state index contributed by atoms with van der Waals surface area (Å²) in [5.41, 5.74) is 2.29. The molecule has 0 spiro atoms. The van der Waals surface area contributed by atoms with E-state index in [0.717, 1.165) is 17.8 Å². The van der Waals surface area contributed by atoms with E-state index in [4.69, 9.17) is 16.6 Å². The second-order valence-corrected chi connectivity index (χ2v) is 5.46. The van der Waals surface area contributed by atoms with Crippen LogP contribution >= 0.6 is 11.6 Å². The van der Waals surface area contributed by atoms with Gasteiger partial charge >= 0.3 is 0 Å². The Morgan fingerprint density at radius 2 is 1.95 bits per heavy atom. The van der Waals surface area contributed by atoms with Gasteiger partial charge in [-0.2, -0.15) is 0 Å². The first-order valence-electron chi connectivity index (χ1n) is 6.67. The van der Waals surface area contributed by atoms with Gasteiger partial charge in [0.15, 0.2) is 0 Å². The van der Waals surface area contributed by atoms with E-state index in [0.29, 0.717) is 11.9 Å². The lowest BCUT2D eigenvalue weighted by molar-refractivity contribution is 0.590. The van der Waals surface area contributed by atoms with Crippen molar-refractivity contribution in [3.8, 4) is 0 Å². The maximum Gasteiger partial charge on any atom is 0.111 e. The Balaban J connectivity index is 2.42. The highest BCUT2D eigenvalue weighted by Gasteiger charge is 2.14. The van der Waals surface area contributed by atoms with Gasteiger partial charge in [0.2, 0.25) is 0 Å². The van der Waals surface area contributed by atoms with E-state index in [1.807, 2.05) is 0 Å². The van der Waals surface area contributed by atoms with Gasteiger partial charge in [0.05, 0.1) is 11.0 Å². The average Bonchev–Trinajstić information content (AvgIpc) is 2.77. The second-order valence-electron chi connectivity index (χ2n) is 5.09. The van der Waals surface area contributed by atoms with Crippen LogP contribution < -0.4 is 0 Å². The largest absolute Gasteiger partial charge is 0.325 e. The smallest absolute Gasteiger partial charge is 0.111 e. The predicted octanol–water partition coefficient (Wildman–Crippen LogP) is 4.55. The Bertz CT molecular complexity index is 728. The van der Waals surface area contributed by atoms with Crippen LogP contribution in [0.3, 0.4) is 0 Å². The van der Waals surface area contributed by atoms with Crippen LogP contribution in [-0.2, 0) is 6.42 Å². The number of halogens is 1. The summed E-state index contributed by atoms with van der Waals surface area (Å²) >= 11 is 5.91. The molecule has 0 fully saturated rings. The van der Waals surface area contributed by atoms with Crippen molar-refractivity contribution in [3.63, 3.8) is 0 Å². The van der Waals surface area contributed by atoms with Crippen molar-refractivity contribution in [2.45, 2.75) is 26.3 Å². The SMILES string of the molecule is CC(C)n1c(CCCl)nc2ccc3ccccc3c21. The fourth-order valence-electron chi connectivity index (χ4n) is 2.73. The first-order chi connectivity index (χ1) is 9.22. The van der Waals surface area contributed by atoms with Gasteiger partial charge in [0, 0.05) is 23.7 Å². The van der Waals surface area contributed by atoms with Crippen molar-refractivity contribution in [2.75, 3.05) is 5.88 Å². The average molecular weight is 273 g/mol. The third kappa shape index (κ3) is 2.00. The minimum atomic E-state index is 0.383. The standard InChI is InChI=1S/C16H17ClN2/c1-11(2)19-15(9-10-17)18-14-8-7-12-5-3-4-6-13(12)16(14)19/h3-8,11H,9-10H2,1-2H3. The predicted molar refractivity (Wildman–Crippen MR) is 82.0 cm³/mol. The van der Waals surface area contributed by atoms with E-state index in [1.165, 1.54) is 16.3 Å². The summed E-state index contributed by atoms with van der Waals surface area (Å²) in [6, 6.07) is 13.1. The first-order valence-corrected chi connectivity index (χ1v) is 7.20. The molecule has 3 aromatic rings. The summed E-state index contributed by atoms with van der Waals surface area (Å²) in [7, 11) is 0. The molecule has 0 aliphatic carbocycles. The maximum absolute atomic E-state index is 5.91. The zero-order chi connectivity index (χ0) is 13.4. The molecule has 0 bridgehead atoms. The zero-order valence-corrected chi connectivity index (χ0v) is 12.0. The van der Waals surface area contributed by atoms with Crippen LogP contribution in [0, 0.1) is 0 Å². The number of hydrogen-bond donors (Lipinski definition) is 0. The minimum absolute atomic E-state index is 0.383. The van der Waals surface area contributed by atoms with Crippen LogP contribution in [0.25, 0.3) is 21.8 Å². The molecule has 0 saturated heterocycles. The Kier molecular flexibility index (Phi) is 3.19. The summed E-state index contributed by atoms with van der Waals surface area (Å²) in [6.45, 7) is 4.39. The van der Waals surface area contributed by atoms with Crippen LogP contribution in [0.1, 0.15) is 25.7 Å². The molecule has 0 N–H and O–H groups in total. The van der Waals surface area contributed by atoms with Crippen LogP contribution in [0.4, 0.5) is 0 Å². The van der Waals surface area contributed by atoms with E-state index in [-0.39, 0.29) is 0 Å². The summed E-state index contributed by atoms with van der Waals surface area (Å²) in [4.78, 5) is 4.75. The van der Waals surface area contributed by atoms with E-state index < -0.39 is 0 Å². The molecule has 0 unspecified atom stereocenters. The molecule has 0 saturated carbocycles. The number of imidazole rings is 1. The van der Waals surface area contributed by atoms with Crippen molar-refractivity contribution >= 4 is 33.4 Å². The van der Waals surface area contributed by atoms with Gasteiger partial charge in [0.25, 0.3) is 0 Å². The van der Waals surface area contributed by atoms with E-state index in [1.54, 1.807) is 0 Å². The second kappa shape index (κ2) is 4.86. The van der Waals surface area contributed by atoms with Crippen molar-refractivity contribution in [1.82, 2.24) is 9.55 Å². The molecule has 98 valence electrons. The topological polar surface area (TPSA) is 17.8 Å². The summed E-state index contributed by atoms with van der Waals surface area (Å²) in [5.74, 6) is 1.69. The molecule has 0 atom stereocenters. The van der Waals surface area contributed by atoms with Gasteiger partial charge in [-0.25, -0.2) is 4.98 Å². The third-order valence-electron chi connectivity index (χ3n) is 3.48. The Labute approximate surface area is 118 Å². The van der Waals surface area contributed by atoms with E-state index >= 15 is 0 Å². The summed E-state index contributed by atoms with van der Waals surface area (Å²) in [5, 5.41) is 2.52. The van der Waals surface area contributed by atoms with Gasteiger partial charge in [-0.05, 0) is 25.3 Å². The van der Waals surface area contributed by atoms with Gasteiger partial charge < -0.3 is 4.57 Å². The number of nitrogens with zero attached hydrogens (tertiary/aromatic N) is 2. The maximum atomic E-state index is 5.91. The number of benzene rings is 2. The zero-order valence-electron chi connectivity index (χ0n) is 11.2. The number of aryl methyl sites for hydroxylation is 1. The lowest BCUT2D eigenvalue weighted by Crippen LogP contribution is -2.07. The van der Waals surface area contributed by atoms with Gasteiger partial charge in [-0.3, -0.25) is 0 Å². The number of alkyl halides is 1. The third-order valence-corrected chi connectivity index (χ3v) is 3.67. The first kappa shape index (κ1) is 12.5. The molecule has 0 aliphatic heterocycles. The van der Waals surface area contributed by atoms with Crippen molar-refractivity contribution in [1.29, 1.82) is 0 Å².